The highest BCUT2D eigenvalue weighted by molar-refractivity contribution is 6.18. The number of aromatic nitrogens is 2. The highest BCUT2D eigenvalue weighted by atomic mass is 15.0. The Morgan fingerprint density at radius 3 is 1.50 bits per heavy atom. The first-order valence-electron chi connectivity index (χ1n) is 13.2. The molecule has 0 aliphatic rings. The summed E-state index contributed by atoms with van der Waals surface area (Å²) in [6.45, 7) is 0. The minimum atomic E-state index is 0.451. The van der Waals surface area contributed by atoms with E-state index in [1.807, 2.05) is 66.7 Å². The van der Waals surface area contributed by atoms with Crippen LogP contribution in [-0.2, 0) is 0 Å². The number of benzene rings is 6. The standard InChI is InChI=1S/C36H20N4/c37-21-24-19-26(39-32-14-6-5-13-30(32)31-18-17-23-9-1-2-10-27(23)36(31)39)20-25(22-38)35(24)40-33-15-7-3-11-28(33)29-12-4-8-16-34(29)40/h1-20H. The van der Waals surface area contributed by atoms with Gasteiger partial charge in [0.2, 0.25) is 0 Å². The molecule has 2 heterocycles. The molecule has 2 aromatic heterocycles. The molecule has 0 aliphatic carbocycles. The molecule has 0 saturated heterocycles. The van der Waals surface area contributed by atoms with E-state index in [1.54, 1.807) is 0 Å². The molecule has 8 aromatic rings. The number of para-hydroxylation sites is 3. The average molecular weight is 509 g/mol. The van der Waals surface area contributed by atoms with Gasteiger partial charge in [-0.25, -0.2) is 0 Å². The van der Waals surface area contributed by atoms with E-state index < -0.39 is 0 Å². The van der Waals surface area contributed by atoms with Crippen LogP contribution in [0.25, 0.3) is 65.8 Å². The molecular formula is C36H20N4. The van der Waals surface area contributed by atoms with E-state index in [2.05, 4.69) is 75.9 Å². The van der Waals surface area contributed by atoms with Gasteiger partial charge < -0.3 is 9.13 Å². The van der Waals surface area contributed by atoms with Gasteiger partial charge in [-0.15, -0.1) is 0 Å². The van der Waals surface area contributed by atoms with E-state index in [1.165, 1.54) is 0 Å². The molecule has 0 aliphatic heterocycles. The largest absolute Gasteiger partial charge is 0.309 e. The maximum absolute atomic E-state index is 10.5. The smallest absolute Gasteiger partial charge is 0.101 e. The Morgan fingerprint density at radius 1 is 0.450 bits per heavy atom. The second-order valence-corrected chi connectivity index (χ2v) is 10.0. The lowest BCUT2D eigenvalue weighted by Gasteiger charge is -2.16. The third-order valence-corrected chi connectivity index (χ3v) is 7.96. The number of fused-ring (bicyclic) bond motifs is 8. The third kappa shape index (κ3) is 2.93. The normalized spacial score (nSPS) is 11.4. The number of rotatable bonds is 2. The quantitative estimate of drug-likeness (QED) is 0.234. The first-order chi connectivity index (χ1) is 19.8. The molecule has 0 spiro atoms. The molecule has 4 nitrogen and oxygen atoms in total. The Hall–Kier alpha value is -5.84. The minimum Gasteiger partial charge on any atom is -0.309 e. The van der Waals surface area contributed by atoms with Crippen molar-refractivity contribution in [3.05, 3.63) is 132 Å². The van der Waals surface area contributed by atoms with Gasteiger partial charge in [0.1, 0.15) is 12.1 Å². The zero-order chi connectivity index (χ0) is 26.8. The van der Waals surface area contributed by atoms with E-state index >= 15 is 0 Å². The Labute approximate surface area is 229 Å². The molecule has 0 fully saturated rings. The Kier molecular flexibility index (Phi) is 4.62. The molecule has 40 heavy (non-hydrogen) atoms. The number of nitriles is 2. The molecule has 0 atom stereocenters. The molecule has 0 saturated carbocycles. The molecule has 184 valence electrons. The fraction of sp³-hybridized carbons (Fsp3) is 0. The maximum Gasteiger partial charge on any atom is 0.101 e. The summed E-state index contributed by atoms with van der Waals surface area (Å²) in [7, 11) is 0. The van der Waals surface area contributed by atoms with Crippen molar-refractivity contribution in [2.75, 3.05) is 0 Å². The van der Waals surface area contributed by atoms with E-state index in [0.29, 0.717) is 16.8 Å². The van der Waals surface area contributed by atoms with E-state index in [9.17, 15) is 10.5 Å². The summed E-state index contributed by atoms with van der Waals surface area (Å²) >= 11 is 0. The van der Waals surface area contributed by atoms with Crippen LogP contribution in [0.15, 0.2) is 121 Å². The summed E-state index contributed by atoms with van der Waals surface area (Å²) < 4.78 is 4.26. The highest BCUT2D eigenvalue weighted by Crippen LogP contribution is 2.39. The zero-order valence-corrected chi connectivity index (χ0v) is 21.3. The van der Waals surface area contributed by atoms with Crippen molar-refractivity contribution in [1.82, 2.24) is 9.13 Å². The molecular weight excluding hydrogens is 488 g/mol. The molecule has 0 amide bonds. The van der Waals surface area contributed by atoms with Gasteiger partial charge in [-0.2, -0.15) is 10.5 Å². The maximum atomic E-state index is 10.5. The SMILES string of the molecule is N#Cc1cc(-n2c3ccccc3c3ccc4ccccc4c32)cc(C#N)c1-n1c2ccccc2c2ccccc21. The Morgan fingerprint density at radius 2 is 0.925 bits per heavy atom. The van der Waals surface area contributed by atoms with Crippen molar-refractivity contribution in [3.8, 4) is 23.5 Å². The number of hydrogen-bond acceptors (Lipinski definition) is 2. The van der Waals surface area contributed by atoms with Crippen LogP contribution in [0, 0.1) is 22.7 Å². The van der Waals surface area contributed by atoms with Gasteiger partial charge in [0.05, 0.1) is 38.9 Å². The topological polar surface area (TPSA) is 57.4 Å². The van der Waals surface area contributed by atoms with Crippen molar-refractivity contribution < 1.29 is 0 Å². The van der Waals surface area contributed by atoms with Crippen LogP contribution >= 0.6 is 0 Å². The van der Waals surface area contributed by atoms with Crippen molar-refractivity contribution >= 4 is 54.4 Å². The Balaban J connectivity index is 1.52. The van der Waals surface area contributed by atoms with Gasteiger partial charge in [0.15, 0.2) is 0 Å². The molecule has 0 bridgehead atoms. The molecule has 6 aromatic carbocycles. The van der Waals surface area contributed by atoms with Crippen molar-refractivity contribution in [1.29, 1.82) is 10.5 Å². The summed E-state index contributed by atoms with van der Waals surface area (Å²) in [6, 6.07) is 46.0. The second-order valence-electron chi connectivity index (χ2n) is 10.0. The van der Waals surface area contributed by atoms with Gasteiger partial charge in [0, 0.05) is 32.6 Å². The van der Waals surface area contributed by atoms with Crippen molar-refractivity contribution in [2.45, 2.75) is 0 Å². The van der Waals surface area contributed by atoms with Gasteiger partial charge in [-0.05, 0) is 35.7 Å². The first kappa shape index (κ1) is 22.2. The average Bonchev–Trinajstić information content (AvgIpc) is 3.54. The number of nitrogens with zero attached hydrogens (tertiary/aromatic N) is 4. The van der Waals surface area contributed by atoms with Crippen LogP contribution in [0.1, 0.15) is 11.1 Å². The van der Waals surface area contributed by atoms with Gasteiger partial charge in [-0.1, -0.05) is 91.0 Å². The third-order valence-electron chi connectivity index (χ3n) is 7.96. The molecule has 4 heteroatoms. The van der Waals surface area contributed by atoms with Gasteiger partial charge in [-0.3, -0.25) is 0 Å². The van der Waals surface area contributed by atoms with Crippen LogP contribution in [-0.4, -0.2) is 9.13 Å². The summed E-state index contributed by atoms with van der Waals surface area (Å²) in [5, 5.41) is 27.7. The van der Waals surface area contributed by atoms with Crippen LogP contribution in [0.3, 0.4) is 0 Å². The fourth-order valence-corrected chi connectivity index (χ4v) is 6.32. The lowest BCUT2D eigenvalue weighted by Crippen LogP contribution is -2.04. The first-order valence-corrected chi connectivity index (χ1v) is 13.2. The second kappa shape index (κ2) is 8.33. The van der Waals surface area contributed by atoms with E-state index in [-0.39, 0.29) is 0 Å². The van der Waals surface area contributed by atoms with Crippen LogP contribution in [0.2, 0.25) is 0 Å². The summed E-state index contributed by atoms with van der Waals surface area (Å²) in [4.78, 5) is 0. The summed E-state index contributed by atoms with van der Waals surface area (Å²) in [6.07, 6.45) is 0. The summed E-state index contributed by atoms with van der Waals surface area (Å²) in [5.74, 6) is 0. The lowest BCUT2D eigenvalue weighted by atomic mass is 10.0. The molecule has 8 rings (SSSR count). The fourth-order valence-electron chi connectivity index (χ4n) is 6.32. The van der Waals surface area contributed by atoms with Crippen LogP contribution in [0.5, 0.6) is 0 Å². The highest BCUT2D eigenvalue weighted by Gasteiger charge is 2.21. The van der Waals surface area contributed by atoms with Crippen molar-refractivity contribution in [2.24, 2.45) is 0 Å². The van der Waals surface area contributed by atoms with Gasteiger partial charge in [0.25, 0.3) is 0 Å². The predicted molar refractivity (Wildman–Crippen MR) is 162 cm³/mol. The predicted octanol–water partition coefficient (Wildman–Crippen LogP) is 8.78. The molecule has 0 radical (unpaired) electrons. The monoisotopic (exact) mass is 508 g/mol. The molecule has 0 unspecified atom stereocenters. The Bertz CT molecular complexity index is 2320. The van der Waals surface area contributed by atoms with E-state index in [4.69, 9.17) is 0 Å². The zero-order valence-electron chi connectivity index (χ0n) is 21.3. The van der Waals surface area contributed by atoms with Crippen molar-refractivity contribution in [3.63, 3.8) is 0 Å². The minimum absolute atomic E-state index is 0.451. The van der Waals surface area contributed by atoms with Crippen LogP contribution in [0.4, 0.5) is 0 Å². The van der Waals surface area contributed by atoms with Crippen LogP contribution < -0.4 is 0 Å². The van der Waals surface area contributed by atoms with E-state index in [0.717, 1.165) is 60.1 Å². The number of hydrogen-bond donors (Lipinski definition) is 0. The molecule has 0 N–H and O–H groups in total. The lowest BCUT2D eigenvalue weighted by molar-refractivity contribution is 1.12. The summed E-state index contributed by atoms with van der Waals surface area (Å²) in [5.41, 5.74) is 6.33. The van der Waals surface area contributed by atoms with Gasteiger partial charge >= 0.3 is 0 Å².